The highest BCUT2D eigenvalue weighted by atomic mass is 16.2. The molecular formula is C15H28N2O2. The Bertz CT molecular complexity index is 343. The topological polar surface area (TPSA) is 72.2 Å². The van der Waals surface area contributed by atoms with Crippen molar-refractivity contribution in [3.63, 3.8) is 0 Å². The molecule has 19 heavy (non-hydrogen) atoms. The highest BCUT2D eigenvalue weighted by Gasteiger charge is 2.33. The lowest BCUT2D eigenvalue weighted by Gasteiger charge is -2.28. The van der Waals surface area contributed by atoms with Gasteiger partial charge in [-0.3, -0.25) is 9.59 Å². The summed E-state index contributed by atoms with van der Waals surface area (Å²) >= 11 is 0. The number of nitrogens with two attached hydrogens (primary N) is 1. The zero-order valence-electron chi connectivity index (χ0n) is 12.9. The molecule has 0 aliphatic heterocycles. The van der Waals surface area contributed by atoms with Crippen LogP contribution in [0.15, 0.2) is 12.2 Å². The van der Waals surface area contributed by atoms with E-state index in [4.69, 9.17) is 5.73 Å². The minimum Gasteiger partial charge on any atom is -0.369 e. The lowest BCUT2D eigenvalue weighted by atomic mass is 9.82. The van der Waals surface area contributed by atoms with E-state index in [1.807, 2.05) is 34.6 Å². The van der Waals surface area contributed by atoms with Gasteiger partial charge in [0.1, 0.15) is 0 Å². The van der Waals surface area contributed by atoms with Gasteiger partial charge in [-0.05, 0) is 40.5 Å². The normalized spacial score (nSPS) is 14.6. The van der Waals surface area contributed by atoms with E-state index in [0.29, 0.717) is 12.8 Å². The van der Waals surface area contributed by atoms with E-state index < -0.39 is 17.7 Å². The van der Waals surface area contributed by atoms with Gasteiger partial charge in [0, 0.05) is 11.5 Å². The van der Waals surface area contributed by atoms with Crippen molar-refractivity contribution in [2.75, 3.05) is 0 Å². The number of hydrogen-bond acceptors (Lipinski definition) is 2. The molecule has 0 aromatic heterocycles. The summed E-state index contributed by atoms with van der Waals surface area (Å²) in [5.74, 6) is -1.37. The second kappa shape index (κ2) is 7.31. The summed E-state index contributed by atoms with van der Waals surface area (Å²) in [6, 6.07) is 0. The van der Waals surface area contributed by atoms with Gasteiger partial charge in [0.2, 0.25) is 11.8 Å². The Morgan fingerprint density at radius 1 is 1.26 bits per heavy atom. The molecule has 0 aliphatic rings. The van der Waals surface area contributed by atoms with Gasteiger partial charge in [0.05, 0.1) is 5.92 Å². The molecule has 0 saturated heterocycles. The van der Waals surface area contributed by atoms with Crippen LogP contribution in [0, 0.1) is 11.8 Å². The number of rotatable bonds is 7. The Kier molecular flexibility index (Phi) is 6.81. The molecule has 0 aromatic rings. The summed E-state index contributed by atoms with van der Waals surface area (Å²) in [7, 11) is 0. The summed E-state index contributed by atoms with van der Waals surface area (Å²) in [5, 5.41) is 2.93. The fourth-order valence-corrected chi connectivity index (χ4v) is 2.11. The number of allylic oxidation sites excluding steroid dienone is 1. The maximum absolute atomic E-state index is 12.4. The number of carbonyl (C=O) groups is 2. The molecule has 0 fully saturated rings. The van der Waals surface area contributed by atoms with Crippen LogP contribution in [0.25, 0.3) is 0 Å². The predicted molar refractivity (Wildman–Crippen MR) is 78.4 cm³/mol. The summed E-state index contributed by atoms with van der Waals surface area (Å²) in [6.07, 6.45) is 1.95. The highest BCUT2D eigenvalue weighted by Crippen LogP contribution is 2.25. The third kappa shape index (κ3) is 6.99. The first kappa shape index (κ1) is 17.7. The van der Waals surface area contributed by atoms with Gasteiger partial charge in [-0.25, -0.2) is 0 Å². The van der Waals surface area contributed by atoms with Crippen molar-refractivity contribution in [2.24, 2.45) is 17.6 Å². The van der Waals surface area contributed by atoms with Gasteiger partial charge in [-0.1, -0.05) is 18.9 Å². The van der Waals surface area contributed by atoms with Crippen LogP contribution in [0.3, 0.4) is 0 Å². The molecule has 2 atom stereocenters. The molecule has 0 aromatic carbocycles. The average molecular weight is 268 g/mol. The van der Waals surface area contributed by atoms with Crippen LogP contribution in [-0.2, 0) is 9.59 Å². The summed E-state index contributed by atoms with van der Waals surface area (Å²) in [6.45, 7) is 13.4. The minimum absolute atomic E-state index is 0.118. The molecule has 2 amide bonds. The Morgan fingerprint density at radius 3 is 2.11 bits per heavy atom. The van der Waals surface area contributed by atoms with E-state index in [2.05, 4.69) is 11.9 Å². The maximum Gasteiger partial charge on any atom is 0.224 e. The van der Waals surface area contributed by atoms with Gasteiger partial charge >= 0.3 is 0 Å². The molecule has 4 nitrogen and oxygen atoms in total. The lowest BCUT2D eigenvalue weighted by molar-refractivity contribution is -0.134. The summed E-state index contributed by atoms with van der Waals surface area (Å²) < 4.78 is 0. The van der Waals surface area contributed by atoms with Gasteiger partial charge in [-0.2, -0.15) is 0 Å². The molecular weight excluding hydrogens is 240 g/mol. The second-order valence-corrected chi connectivity index (χ2v) is 6.30. The molecule has 1 unspecified atom stereocenters. The quantitative estimate of drug-likeness (QED) is 0.696. The first-order chi connectivity index (χ1) is 8.58. The molecule has 0 rings (SSSR count). The SMILES string of the molecule is C=C(C)CC(C(=O)NC(C)(C)C)[C@H](CCC)C(N)=O. The van der Waals surface area contributed by atoms with E-state index in [9.17, 15) is 9.59 Å². The molecule has 0 saturated carbocycles. The predicted octanol–water partition coefficient (Wildman–Crippen LogP) is 2.39. The highest BCUT2D eigenvalue weighted by molar-refractivity contribution is 5.87. The average Bonchev–Trinajstić information content (AvgIpc) is 2.19. The molecule has 3 N–H and O–H groups in total. The minimum atomic E-state index is -0.427. The van der Waals surface area contributed by atoms with Gasteiger partial charge in [-0.15, -0.1) is 6.58 Å². The van der Waals surface area contributed by atoms with Crippen molar-refractivity contribution in [3.05, 3.63) is 12.2 Å². The molecule has 0 radical (unpaired) electrons. The maximum atomic E-state index is 12.4. The number of nitrogens with one attached hydrogen (secondary N) is 1. The van der Waals surface area contributed by atoms with Crippen molar-refractivity contribution in [1.29, 1.82) is 0 Å². The molecule has 0 spiro atoms. The Hall–Kier alpha value is -1.32. The third-order valence-corrected chi connectivity index (χ3v) is 2.85. The molecule has 110 valence electrons. The Balaban J connectivity index is 5.11. The number of amides is 2. The van der Waals surface area contributed by atoms with Crippen LogP contribution in [0.5, 0.6) is 0 Å². The molecule has 0 heterocycles. The van der Waals surface area contributed by atoms with E-state index in [1.165, 1.54) is 0 Å². The summed E-state index contributed by atoms with van der Waals surface area (Å²) in [4.78, 5) is 24.0. The van der Waals surface area contributed by atoms with Crippen LogP contribution in [0.2, 0.25) is 0 Å². The van der Waals surface area contributed by atoms with Crippen LogP contribution in [0.1, 0.15) is 53.9 Å². The second-order valence-electron chi connectivity index (χ2n) is 6.30. The fourth-order valence-electron chi connectivity index (χ4n) is 2.11. The van der Waals surface area contributed by atoms with Gasteiger partial charge in [0.25, 0.3) is 0 Å². The molecule has 0 bridgehead atoms. The van der Waals surface area contributed by atoms with Crippen molar-refractivity contribution in [3.8, 4) is 0 Å². The van der Waals surface area contributed by atoms with E-state index in [-0.39, 0.29) is 11.4 Å². The van der Waals surface area contributed by atoms with E-state index >= 15 is 0 Å². The first-order valence-electron chi connectivity index (χ1n) is 6.84. The van der Waals surface area contributed by atoms with Gasteiger partial charge < -0.3 is 11.1 Å². The summed E-state index contributed by atoms with van der Waals surface area (Å²) in [5.41, 5.74) is 6.02. The van der Waals surface area contributed by atoms with E-state index in [1.54, 1.807) is 0 Å². The molecule has 0 aliphatic carbocycles. The zero-order chi connectivity index (χ0) is 15.2. The van der Waals surface area contributed by atoms with Crippen molar-refractivity contribution in [2.45, 2.75) is 59.4 Å². The van der Waals surface area contributed by atoms with E-state index in [0.717, 1.165) is 12.0 Å². The van der Waals surface area contributed by atoms with Crippen LogP contribution in [0.4, 0.5) is 0 Å². The Labute approximate surface area is 116 Å². The van der Waals surface area contributed by atoms with Crippen molar-refractivity contribution >= 4 is 11.8 Å². The smallest absolute Gasteiger partial charge is 0.224 e. The van der Waals surface area contributed by atoms with Crippen molar-refractivity contribution in [1.82, 2.24) is 5.32 Å². The van der Waals surface area contributed by atoms with Crippen LogP contribution in [-0.4, -0.2) is 17.4 Å². The molecule has 4 heteroatoms. The first-order valence-corrected chi connectivity index (χ1v) is 6.84. The fraction of sp³-hybridized carbons (Fsp3) is 0.733. The third-order valence-electron chi connectivity index (χ3n) is 2.85. The number of carbonyl (C=O) groups excluding carboxylic acids is 2. The number of primary amides is 1. The van der Waals surface area contributed by atoms with Crippen molar-refractivity contribution < 1.29 is 9.59 Å². The van der Waals surface area contributed by atoms with Crippen LogP contribution < -0.4 is 11.1 Å². The monoisotopic (exact) mass is 268 g/mol. The number of hydrogen-bond donors (Lipinski definition) is 2. The lowest BCUT2D eigenvalue weighted by Crippen LogP contribution is -2.47. The Morgan fingerprint density at radius 2 is 1.79 bits per heavy atom. The zero-order valence-corrected chi connectivity index (χ0v) is 12.9. The van der Waals surface area contributed by atoms with Gasteiger partial charge in [0.15, 0.2) is 0 Å². The van der Waals surface area contributed by atoms with Crippen LogP contribution >= 0.6 is 0 Å². The largest absolute Gasteiger partial charge is 0.369 e. The standard InChI is InChI=1S/C15H28N2O2/c1-7-8-11(13(16)18)12(9-10(2)3)14(19)17-15(4,5)6/h11-12H,2,7-9H2,1,3-6H3,(H2,16,18)(H,17,19)/t11-,12?/m0/s1.